The van der Waals surface area contributed by atoms with E-state index in [4.69, 9.17) is 27.9 Å². The van der Waals surface area contributed by atoms with Gasteiger partial charge in [-0.25, -0.2) is 4.79 Å². The molecule has 0 aliphatic heterocycles. The Kier molecular flexibility index (Phi) is 7.92. The molecule has 0 spiro atoms. The van der Waals surface area contributed by atoms with Crippen molar-refractivity contribution in [3.63, 3.8) is 0 Å². The van der Waals surface area contributed by atoms with Gasteiger partial charge in [0.15, 0.2) is 11.0 Å². The molecule has 170 valence electrons. The largest absolute Gasteiger partial charge is 0.497 e. The van der Waals surface area contributed by atoms with E-state index in [-0.39, 0.29) is 18.1 Å². The summed E-state index contributed by atoms with van der Waals surface area (Å²) >= 11 is 14.2. The summed E-state index contributed by atoms with van der Waals surface area (Å²) in [6.07, 6.45) is 0. The number of nitrogens with zero attached hydrogens (tertiary/aromatic N) is 3. The van der Waals surface area contributed by atoms with Crippen LogP contribution in [0.2, 0.25) is 10.0 Å². The van der Waals surface area contributed by atoms with Crippen LogP contribution in [0.1, 0.15) is 32.2 Å². The van der Waals surface area contributed by atoms with Crippen molar-refractivity contribution in [2.24, 2.45) is 0 Å². The molecular formula is C22H25Cl2N5O2S. The quantitative estimate of drug-likeness (QED) is 0.426. The van der Waals surface area contributed by atoms with E-state index in [1.54, 1.807) is 25.3 Å². The molecule has 2 aromatic carbocycles. The zero-order chi connectivity index (χ0) is 23.3. The number of ether oxygens (including phenoxy) is 1. The molecule has 0 aliphatic carbocycles. The minimum absolute atomic E-state index is 0.164. The fraction of sp³-hybridized carbons (Fsp3) is 0.318. The van der Waals surface area contributed by atoms with Crippen LogP contribution < -0.4 is 15.4 Å². The van der Waals surface area contributed by atoms with Crippen molar-refractivity contribution in [1.29, 1.82) is 0 Å². The first-order valence-electron chi connectivity index (χ1n) is 9.88. The molecule has 32 heavy (non-hydrogen) atoms. The Hall–Kier alpha value is -2.42. The second kappa shape index (κ2) is 10.5. The average Bonchev–Trinajstić information content (AvgIpc) is 3.14. The van der Waals surface area contributed by atoms with E-state index >= 15 is 0 Å². The van der Waals surface area contributed by atoms with E-state index in [1.807, 2.05) is 49.6 Å². The summed E-state index contributed by atoms with van der Waals surface area (Å²) in [5, 5.41) is 16.0. The van der Waals surface area contributed by atoms with Gasteiger partial charge in [0.25, 0.3) is 0 Å². The van der Waals surface area contributed by atoms with Gasteiger partial charge in [-0.1, -0.05) is 47.1 Å². The van der Waals surface area contributed by atoms with Crippen molar-refractivity contribution in [1.82, 2.24) is 25.4 Å². The lowest BCUT2D eigenvalue weighted by molar-refractivity contribution is 0.231. The normalized spacial score (nSPS) is 11.3. The molecule has 1 heterocycles. The van der Waals surface area contributed by atoms with E-state index < -0.39 is 0 Å². The zero-order valence-corrected chi connectivity index (χ0v) is 20.6. The van der Waals surface area contributed by atoms with Gasteiger partial charge in [0.05, 0.1) is 24.4 Å². The first-order chi connectivity index (χ1) is 15.2. The summed E-state index contributed by atoms with van der Waals surface area (Å²) in [6.45, 7) is 5.90. The van der Waals surface area contributed by atoms with E-state index in [9.17, 15) is 4.79 Å². The molecule has 3 rings (SSSR count). The van der Waals surface area contributed by atoms with Crippen LogP contribution in [0.5, 0.6) is 5.75 Å². The lowest BCUT2D eigenvalue weighted by Crippen LogP contribution is -2.46. The molecule has 0 atom stereocenters. The third-order valence-corrected chi connectivity index (χ3v) is 5.80. The van der Waals surface area contributed by atoms with Crippen LogP contribution in [-0.4, -0.2) is 33.4 Å². The third kappa shape index (κ3) is 6.54. The molecule has 0 unspecified atom stereocenters. The lowest BCUT2D eigenvalue weighted by Gasteiger charge is -2.20. The predicted octanol–water partition coefficient (Wildman–Crippen LogP) is 5.47. The molecular weight excluding hydrogens is 469 g/mol. The van der Waals surface area contributed by atoms with Crippen LogP contribution in [0.4, 0.5) is 4.79 Å². The number of carbonyl (C=O) groups is 1. The van der Waals surface area contributed by atoms with E-state index in [0.29, 0.717) is 32.5 Å². The van der Waals surface area contributed by atoms with Gasteiger partial charge in [-0.2, -0.15) is 0 Å². The number of rotatable bonds is 7. The standard InChI is InChI=1S/C22H25Cl2N5O2S/c1-22(2,3)26-20(30)25-12-19-27-28-21(29(19)18-11-15(23)8-9-17(18)24)32-13-14-6-5-7-16(10-14)31-4/h5-11H,12-13H2,1-4H3,(H2,25,26,30). The zero-order valence-electron chi connectivity index (χ0n) is 18.3. The Morgan fingerprint density at radius 2 is 1.94 bits per heavy atom. The molecule has 0 saturated heterocycles. The summed E-state index contributed by atoms with van der Waals surface area (Å²) in [4.78, 5) is 12.2. The SMILES string of the molecule is COc1cccc(CSc2nnc(CNC(=O)NC(C)(C)C)n2-c2cc(Cl)ccc2Cl)c1. The van der Waals surface area contributed by atoms with Crippen molar-refractivity contribution in [3.05, 3.63) is 63.9 Å². The number of hydrogen-bond acceptors (Lipinski definition) is 5. The number of nitrogens with one attached hydrogen (secondary N) is 2. The summed E-state index contributed by atoms with van der Waals surface area (Å²) in [6, 6.07) is 12.7. The maximum absolute atomic E-state index is 12.2. The summed E-state index contributed by atoms with van der Waals surface area (Å²) in [5.41, 5.74) is 1.36. The van der Waals surface area contributed by atoms with Crippen LogP contribution in [0.25, 0.3) is 5.69 Å². The second-order valence-electron chi connectivity index (χ2n) is 8.03. The molecule has 0 aliphatic rings. The molecule has 2 amide bonds. The van der Waals surface area contributed by atoms with Crippen molar-refractivity contribution in [2.45, 2.75) is 43.8 Å². The van der Waals surface area contributed by atoms with E-state index in [0.717, 1.165) is 11.3 Å². The van der Waals surface area contributed by atoms with Gasteiger partial charge in [-0.15, -0.1) is 10.2 Å². The van der Waals surface area contributed by atoms with Gasteiger partial charge >= 0.3 is 6.03 Å². The van der Waals surface area contributed by atoms with Crippen molar-refractivity contribution < 1.29 is 9.53 Å². The molecule has 1 aromatic heterocycles. The molecule has 2 N–H and O–H groups in total. The van der Waals surface area contributed by atoms with E-state index in [1.165, 1.54) is 11.8 Å². The summed E-state index contributed by atoms with van der Waals surface area (Å²) in [5.74, 6) is 1.97. The maximum atomic E-state index is 12.2. The number of thioether (sulfide) groups is 1. The van der Waals surface area contributed by atoms with Crippen LogP contribution in [0.3, 0.4) is 0 Å². The first kappa shape index (κ1) is 24.2. The number of halogens is 2. The molecule has 0 radical (unpaired) electrons. The Balaban J connectivity index is 1.88. The highest BCUT2D eigenvalue weighted by atomic mass is 35.5. The topological polar surface area (TPSA) is 81.1 Å². The number of urea groups is 1. The lowest BCUT2D eigenvalue weighted by atomic mass is 10.1. The minimum atomic E-state index is -0.355. The van der Waals surface area contributed by atoms with Crippen LogP contribution in [-0.2, 0) is 12.3 Å². The second-order valence-corrected chi connectivity index (χ2v) is 9.81. The Morgan fingerprint density at radius 3 is 2.66 bits per heavy atom. The van der Waals surface area contributed by atoms with Crippen LogP contribution in [0.15, 0.2) is 47.6 Å². The number of benzene rings is 2. The highest BCUT2D eigenvalue weighted by Gasteiger charge is 2.19. The fourth-order valence-electron chi connectivity index (χ4n) is 2.86. The number of carbonyl (C=O) groups excluding carboxylic acids is 1. The Bertz CT molecular complexity index is 1100. The molecule has 0 saturated carbocycles. The van der Waals surface area contributed by atoms with Crippen molar-refractivity contribution in [3.8, 4) is 11.4 Å². The monoisotopic (exact) mass is 493 g/mol. The molecule has 7 nitrogen and oxygen atoms in total. The highest BCUT2D eigenvalue weighted by molar-refractivity contribution is 7.98. The molecule has 3 aromatic rings. The minimum Gasteiger partial charge on any atom is -0.497 e. The van der Waals surface area contributed by atoms with Crippen LogP contribution >= 0.6 is 35.0 Å². The predicted molar refractivity (Wildman–Crippen MR) is 129 cm³/mol. The molecule has 0 bridgehead atoms. The van der Waals surface area contributed by atoms with Gasteiger partial charge in [0.2, 0.25) is 0 Å². The van der Waals surface area contributed by atoms with Crippen molar-refractivity contribution >= 4 is 41.0 Å². The van der Waals surface area contributed by atoms with Gasteiger partial charge < -0.3 is 15.4 Å². The smallest absolute Gasteiger partial charge is 0.315 e. The van der Waals surface area contributed by atoms with Crippen molar-refractivity contribution in [2.75, 3.05) is 7.11 Å². The Morgan fingerprint density at radius 1 is 1.16 bits per heavy atom. The fourth-order valence-corrected chi connectivity index (χ4v) is 4.14. The van der Waals surface area contributed by atoms with Crippen LogP contribution in [0, 0.1) is 0 Å². The highest BCUT2D eigenvalue weighted by Crippen LogP contribution is 2.31. The van der Waals surface area contributed by atoms with Gasteiger partial charge in [0, 0.05) is 16.3 Å². The summed E-state index contributed by atoms with van der Waals surface area (Å²) in [7, 11) is 1.64. The average molecular weight is 494 g/mol. The molecule has 0 fully saturated rings. The maximum Gasteiger partial charge on any atom is 0.315 e. The number of hydrogen-bond donors (Lipinski definition) is 2. The third-order valence-electron chi connectivity index (χ3n) is 4.25. The van der Waals surface area contributed by atoms with E-state index in [2.05, 4.69) is 20.8 Å². The number of aromatic nitrogens is 3. The number of methoxy groups -OCH3 is 1. The Labute approximate surface area is 201 Å². The van der Waals surface area contributed by atoms with Gasteiger partial charge in [-0.05, 0) is 56.7 Å². The summed E-state index contributed by atoms with van der Waals surface area (Å²) < 4.78 is 7.12. The number of amides is 2. The first-order valence-corrected chi connectivity index (χ1v) is 11.6. The van der Waals surface area contributed by atoms with Gasteiger partial charge in [0.1, 0.15) is 5.75 Å². The van der Waals surface area contributed by atoms with Gasteiger partial charge in [-0.3, -0.25) is 4.57 Å². The molecule has 10 heteroatoms.